The third-order valence-electron chi connectivity index (χ3n) is 2.98. The molecule has 0 bridgehead atoms. The van der Waals surface area contributed by atoms with Crippen LogP contribution in [0.1, 0.15) is 29.6 Å². The minimum Gasteiger partial charge on any atom is -0.384 e. The molecule has 0 fully saturated rings. The predicted octanol–water partition coefficient (Wildman–Crippen LogP) is -0.858. The molecule has 116 valence electrons. The molecule has 8 heteroatoms. The maximum Gasteiger partial charge on any atom is 0.256 e. The highest BCUT2D eigenvalue weighted by molar-refractivity contribution is 5.97. The fourth-order valence-electron chi connectivity index (χ4n) is 1.80. The van der Waals surface area contributed by atoms with Crippen molar-refractivity contribution < 1.29 is 9.59 Å². The van der Waals surface area contributed by atoms with Gasteiger partial charge in [-0.15, -0.1) is 0 Å². The number of pyridine rings is 1. The van der Waals surface area contributed by atoms with E-state index in [9.17, 15) is 9.59 Å². The van der Waals surface area contributed by atoms with Crippen molar-refractivity contribution in [2.24, 2.45) is 5.84 Å². The lowest BCUT2D eigenvalue weighted by molar-refractivity contribution is -0.123. The summed E-state index contributed by atoms with van der Waals surface area (Å²) in [6.07, 6.45) is 3.57. The summed E-state index contributed by atoms with van der Waals surface area (Å²) < 4.78 is 0. The molecule has 0 aliphatic carbocycles. The molecule has 1 unspecified atom stereocenters. The van der Waals surface area contributed by atoms with Gasteiger partial charge in [-0.1, -0.05) is 0 Å². The third kappa shape index (κ3) is 5.76. The van der Waals surface area contributed by atoms with Gasteiger partial charge in [-0.25, -0.2) is 10.8 Å². The first kappa shape index (κ1) is 16.9. The van der Waals surface area contributed by atoms with Crippen molar-refractivity contribution in [1.29, 1.82) is 0 Å². The second-order valence-corrected chi connectivity index (χ2v) is 4.61. The number of hydrogen-bond acceptors (Lipinski definition) is 6. The van der Waals surface area contributed by atoms with Crippen molar-refractivity contribution in [2.45, 2.75) is 25.3 Å². The zero-order valence-corrected chi connectivity index (χ0v) is 12.1. The van der Waals surface area contributed by atoms with E-state index in [4.69, 9.17) is 11.6 Å². The minimum atomic E-state index is -0.670. The van der Waals surface area contributed by atoms with Crippen molar-refractivity contribution in [3.8, 4) is 0 Å². The Morgan fingerprint density at radius 3 is 2.67 bits per heavy atom. The zero-order valence-electron chi connectivity index (χ0n) is 12.1. The highest BCUT2D eigenvalue weighted by atomic mass is 16.2. The van der Waals surface area contributed by atoms with Crippen LogP contribution < -0.4 is 27.6 Å². The maximum atomic E-state index is 12.1. The highest BCUT2D eigenvalue weighted by Gasteiger charge is 2.20. The summed E-state index contributed by atoms with van der Waals surface area (Å²) in [5.41, 5.74) is 7.87. The summed E-state index contributed by atoms with van der Waals surface area (Å²) in [6, 6.07) is 2.41. The third-order valence-corrected chi connectivity index (χ3v) is 2.98. The van der Waals surface area contributed by atoms with Crippen LogP contribution in [0.25, 0.3) is 0 Å². The molecular weight excluding hydrogens is 272 g/mol. The van der Waals surface area contributed by atoms with Gasteiger partial charge in [0.1, 0.15) is 11.9 Å². The standard InChI is InChI=1S/C13H22N6O2/c1-16-7-3-2-4-10(13(21)19-15)18-12(20)9-5-6-11(14)17-8-9/h5-6,8,10,16H,2-4,7,15H2,1H3,(H2,14,17)(H,18,20)(H,19,21). The Morgan fingerprint density at radius 1 is 1.33 bits per heavy atom. The Hall–Kier alpha value is -2.19. The van der Waals surface area contributed by atoms with E-state index < -0.39 is 11.9 Å². The van der Waals surface area contributed by atoms with Gasteiger partial charge in [0.25, 0.3) is 11.8 Å². The number of nitrogens with two attached hydrogens (primary N) is 2. The van der Waals surface area contributed by atoms with Gasteiger partial charge in [0, 0.05) is 6.20 Å². The summed E-state index contributed by atoms with van der Waals surface area (Å²) in [6.45, 7) is 0.854. The smallest absolute Gasteiger partial charge is 0.256 e. The number of anilines is 1. The van der Waals surface area contributed by atoms with Gasteiger partial charge in [0.2, 0.25) is 0 Å². The van der Waals surface area contributed by atoms with Crippen LogP contribution in [0.4, 0.5) is 5.82 Å². The largest absolute Gasteiger partial charge is 0.384 e. The molecule has 1 heterocycles. The molecule has 0 radical (unpaired) electrons. The quantitative estimate of drug-likeness (QED) is 0.183. The van der Waals surface area contributed by atoms with Crippen molar-refractivity contribution in [3.05, 3.63) is 23.9 Å². The van der Waals surface area contributed by atoms with E-state index in [0.29, 0.717) is 17.8 Å². The average Bonchev–Trinajstić information content (AvgIpc) is 2.50. The number of hydrogen-bond donors (Lipinski definition) is 5. The van der Waals surface area contributed by atoms with Crippen LogP contribution in [0.15, 0.2) is 18.3 Å². The van der Waals surface area contributed by atoms with Crippen LogP contribution in [0, 0.1) is 0 Å². The van der Waals surface area contributed by atoms with Gasteiger partial charge in [-0.2, -0.15) is 0 Å². The number of nitrogens with zero attached hydrogens (tertiary/aromatic N) is 1. The number of hydrazine groups is 1. The molecule has 0 aliphatic rings. The van der Waals surface area contributed by atoms with Crippen molar-refractivity contribution in [1.82, 2.24) is 21.0 Å². The van der Waals surface area contributed by atoms with Crippen molar-refractivity contribution >= 4 is 17.6 Å². The summed E-state index contributed by atoms with van der Waals surface area (Å²) in [7, 11) is 1.86. The van der Waals surface area contributed by atoms with Crippen LogP contribution in [0.3, 0.4) is 0 Å². The van der Waals surface area contributed by atoms with Crippen LogP contribution in [-0.2, 0) is 4.79 Å². The van der Waals surface area contributed by atoms with E-state index in [1.807, 2.05) is 7.05 Å². The van der Waals surface area contributed by atoms with Crippen molar-refractivity contribution in [3.63, 3.8) is 0 Å². The van der Waals surface area contributed by atoms with E-state index in [1.54, 1.807) is 6.07 Å². The number of carbonyl (C=O) groups excluding carboxylic acids is 2. The summed E-state index contributed by atoms with van der Waals surface area (Å²) in [5, 5.41) is 5.67. The lowest BCUT2D eigenvalue weighted by Crippen LogP contribution is -2.49. The number of amides is 2. The van der Waals surface area contributed by atoms with E-state index >= 15 is 0 Å². The number of nitrogen functional groups attached to an aromatic ring is 1. The molecule has 0 saturated carbocycles. The fourth-order valence-corrected chi connectivity index (χ4v) is 1.80. The van der Waals surface area contributed by atoms with Gasteiger partial charge >= 0.3 is 0 Å². The second kappa shape index (κ2) is 8.88. The normalized spacial score (nSPS) is 11.7. The highest BCUT2D eigenvalue weighted by Crippen LogP contribution is 2.05. The number of rotatable bonds is 8. The molecule has 0 aliphatic heterocycles. The molecule has 1 rings (SSSR count). The van der Waals surface area contributed by atoms with Gasteiger partial charge in [0.15, 0.2) is 0 Å². The fraction of sp³-hybridized carbons (Fsp3) is 0.462. The first-order chi connectivity index (χ1) is 10.1. The molecule has 1 aromatic heterocycles. The lowest BCUT2D eigenvalue weighted by Gasteiger charge is -2.17. The van der Waals surface area contributed by atoms with Crippen LogP contribution in [-0.4, -0.2) is 36.4 Å². The zero-order chi connectivity index (χ0) is 15.7. The summed E-state index contributed by atoms with van der Waals surface area (Å²) in [5.74, 6) is 4.67. The maximum absolute atomic E-state index is 12.1. The Bertz CT molecular complexity index is 462. The number of unbranched alkanes of at least 4 members (excludes halogenated alkanes) is 1. The first-order valence-corrected chi connectivity index (χ1v) is 6.76. The van der Waals surface area contributed by atoms with E-state index in [-0.39, 0.29) is 5.91 Å². The minimum absolute atomic E-state index is 0.329. The summed E-state index contributed by atoms with van der Waals surface area (Å²) in [4.78, 5) is 27.6. The van der Waals surface area contributed by atoms with Crippen molar-refractivity contribution in [2.75, 3.05) is 19.3 Å². The van der Waals surface area contributed by atoms with Crippen LogP contribution in [0.2, 0.25) is 0 Å². The van der Waals surface area contributed by atoms with Crippen LogP contribution >= 0.6 is 0 Å². The Labute approximate surface area is 123 Å². The molecular formula is C13H22N6O2. The SMILES string of the molecule is CNCCCCC(NC(=O)c1ccc(N)nc1)C(=O)NN. The second-order valence-electron chi connectivity index (χ2n) is 4.61. The topological polar surface area (TPSA) is 135 Å². The molecule has 21 heavy (non-hydrogen) atoms. The Morgan fingerprint density at radius 2 is 2.10 bits per heavy atom. The van der Waals surface area contributed by atoms with Crippen LogP contribution in [0.5, 0.6) is 0 Å². The lowest BCUT2D eigenvalue weighted by atomic mass is 10.1. The van der Waals surface area contributed by atoms with E-state index in [0.717, 1.165) is 19.4 Å². The number of aromatic nitrogens is 1. The molecule has 0 spiro atoms. The monoisotopic (exact) mass is 294 g/mol. The molecule has 1 atom stereocenters. The predicted molar refractivity (Wildman–Crippen MR) is 80.0 cm³/mol. The molecule has 8 nitrogen and oxygen atoms in total. The first-order valence-electron chi connectivity index (χ1n) is 6.76. The van der Waals surface area contributed by atoms with Gasteiger partial charge < -0.3 is 16.4 Å². The van der Waals surface area contributed by atoms with E-state index in [2.05, 4.69) is 21.0 Å². The Kier molecular flexibility index (Phi) is 7.13. The average molecular weight is 294 g/mol. The Balaban J connectivity index is 2.60. The van der Waals surface area contributed by atoms with Gasteiger partial charge in [-0.3, -0.25) is 15.0 Å². The molecule has 2 amide bonds. The molecule has 7 N–H and O–H groups in total. The van der Waals surface area contributed by atoms with E-state index in [1.165, 1.54) is 12.3 Å². The summed E-state index contributed by atoms with van der Waals surface area (Å²) >= 11 is 0. The molecule has 0 saturated heterocycles. The number of nitrogens with one attached hydrogen (secondary N) is 3. The number of carbonyl (C=O) groups is 2. The molecule has 1 aromatic rings. The van der Waals surface area contributed by atoms with Gasteiger partial charge in [-0.05, 0) is 45.0 Å². The molecule has 0 aromatic carbocycles. The van der Waals surface area contributed by atoms with Gasteiger partial charge in [0.05, 0.1) is 5.56 Å².